The summed E-state index contributed by atoms with van der Waals surface area (Å²) in [6.45, 7) is 1.93. The molecule has 1 aromatic heterocycles. The van der Waals surface area contributed by atoms with Gasteiger partial charge < -0.3 is 10.5 Å². The van der Waals surface area contributed by atoms with Gasteiger partial charge >= 0.3 is 5.69 Å². The Morgan fingerprint density at radius 2 is 2.19 bits per heavy atom. The zero-order chi connectivity index (χ0) is 15.4. The molecule has 2 N–H and O–H groups in total. The number of pyridine rings is 1. The zero-order valence-corrected chi connectivity index (χ0v) is 11.3. The van der Waals surface area contributed by atoms with E-state index in [1.807, 2.05) is 6.92 Å². The van der Waals surface area contributed by atoms with Crippen molar-refractivity contribution in [1.82, 2.24) is 4.98 Å². The fraction of sp³-hybridized carbons (Fsp3) is 0.214. The number of halogens is 1. The third kappa shape index (κ3) is 3.32. The molecule has 2 rings (SSSR count). The Bertz CT molecular complexity index is 646. The smallest absolute Gasteiger partial charge is 0.314 e. The maximum Gasteiger partial charge on any atom is 0.314 e. The lowest BCUT2D eigenvalue weighted by molar-refractivity contribution is -0.385. The Balaban J connectivity index is 2.28. The maximum absolute atomic E-state index is 13.7. The van der Waals surface area contributed by atoms with E-state index in [1.54, 1.807) is 12.1 Å². The first-order valence-corrected chi connectivity index (χ1v) is 6.35. The second-order valence-electron chi connectivity index (χ2n) is 4.38. The van der Waals surface area contributed by atoms with Gasteiger partial charge in [-0.15, -0.1) is 0 Å². The summed E-state index contributed by atoms with van der Waals surface area (Å²) < 4.78 is 18.9. The molecule has 21 heavy (non-hydrogen) atoms. The van der Waals surface area contributed by atoms with Gasteiger partial charge in [0.1, 0.15) is 5.75 Å². The number of hydrogen-bond acceptors (Lipinski definition) is 5. The monoisotopic (exact) mass is 291 g/mol. The molecule has 1 aromatic carbocycles. The van der Waals surface area contributed by atoms with Gasteiger partial charge in [0.25, 0.3) is 0 Å². The van der Waals surface area contributed by atoms with Crippen LogP contribution in [0.15, 0.2) is 36.5 Å². The molecule has 0 bridgehead atoms. The van der Waals surface area contributed by atoms with Gasteiger partial charge in [0, 0.05) is 12.1 Å². The van der Waals surface area contributed by atoms with Gasteiger partial charge in [0.15, 0.2) is 5.82 Å². The van der Waals surface area contributed by atoms with Crippen LogP contribution in [0.25, 0.3) is 0 Å². The molecule has 6 nitrogen and oxygen atoms in total. The Kier molecular flexibility index (Phi) is 4.44. The van der Waals surface area contributed by atoms with Crippen LogP contribution in [-0.2, 0) is 0 Å². The highest BCUT2D eigenvalue weighted by Crippen LogP contribution is 2.33. The van der Waals surface area contributed by atoms with Crippen molar-refractivity contribution in [3.8, 4) is 11.5 Å². The predicted molar refractivity (Wildman–Crippen MR) is 74.6 cm³/mol. The summed E-state index contributed by atoms with van der Waals surface area (Å²) in [5.74, 6) is -1.04. The first-order chi connectivity index (χ1) is 10.0. The third-order valence-corrected chi connectivity index (χ3v) is 2.94. The normalized spacial score (nSPS) is 12.0. The molecule has 0 amide bonds. The lowest BCUT2D eigenvalue weighted by Gasteiger charge is -2.10. The number of nitrogens with zero attached hydrogens (tertiary/aromatic N) is 2. The number of ether oxygens (including phenoxy) is 1. The quantitative estimate of drug-likeness (QED) is 0.674. The van der Waals surface area contributed by atoms with E-state index in [1.165, 1.54) is 18.3 Å². The van der Waals surface area contributed by atoms with Crippen molar-refractivity contribution in [1.29, 1.82) is 0 Å². The summed E-state index contributed by atoms with van der Waals surface area (Å²) in [7, 11) is 0. The van der Waals surface area contributed by atoms with Gasteiger partial charge in [-0.1, -0.05) is 13.0 Å². The van der Waals surface area contributed by atoms with E-state index in [2.05, 4.69) is 4.98 Å². The summed E-state index contributed by atoms with van der Waals surface area (Å²) in [6, 6.07) is 6.53. The van der Waals surface area contributed by atoms with Crippen LogP contribution in [0.4, 0.5) is 10.1 Å². The van der Waals surface area contributed by atoms with Crippen LogP contribution in [0.5, 0.6) is 11.5 Å². The molecule has 0 aliphatic heterocycles. The van der Waals surface area contributed by atoms with Gasteiger partial charge in [-0.25, -0.2) is 4.39 Å². The van der Waals surface area contributed by atoms with Crippen LogP contribution in [0.1, 0.15) is 25.1 Å². The minimum absolute atomic E-state index is 0.193. The van der Waals surface area contributed by atoms with E-state index < -0.39 is 22.2 Å². The van der Waals surface area contributed by atoms with E-state index in [-0.39, 0.29) is 11.8 Å². The molecule has 0 radical (unpaired) electrons. The molecular formula is C14H14FN3O3. The third-order valence-electron chi connectivity index (χ3n) is 2.94. The van der Waals surface area contributed by atoms with Gasteiger partial charge in [0.05, 0.1) is 16.8 Å². The molecule has 0 unspecified atom stereocenters. The Morgan fingerprint density at radius 3 is 2.76 bits per heavy atom. The minimum Gasteiger partial charge on any atom is -0.445 e. The fourth-order valence-electron chi connectivity index (χ4n) is 1.74. The molecular weight excluding hydrogens is 277 g/mol. The van der Waals surface area contributed by atoms with Gasteiger partial charge in [-0.2, -0.15) is 0 Å². The molecule has 1 heterocycles. The maximum atomic E-state index is 13.7. The van der Waals surface area contributed by atoms with Crippen molar-refractivity contribution in [3.05, 3.63) is 58.2 Å². The summed E-state index contributed by atoms with van der Waals surface area (Å²) in [6.07, 6.45) is 2.09. The predicted octanol–water partition coefficient (Wildman–Crippen LogP) is 3.33. The first kappa shape index (κ1) is 14.9. The highest BCUT2D eigenvalue weighted by Gasteiger charge is 2.20. The number of hydrogen-bond donors (Lipinski definition) is 1. The molecule has 0 fully saturated rings. The van der Waals surface area contributed by atoms with Crippen molar-refractivity contribution in [2.24, 2.45) is 5.73 Å². The lowest BCUT2D eigenvalue weighted by atomic mass is 10.1. The van der Waals surface area contributed by atoms with Crippen LogP contribution >= 0.6 is 0 Å². The van der Waals surface area contributed by atoms with Crippen LogP contribution in [0, 0.1) is 15.9 Å². The molecule has 0 saturated carbocycles. The highest BCUT2D eigenvalue weighted by atomic mass is 19.1. The zero-order valence-electron chi connectivity index (χ0n) is 11.3. The Labute approximate surface area is 120 Å². The number of benzene rings is 1. The molecule has 0 aliphatic rings. The summed E-state index contributed by atoms with van der Waals surface area (Å²) in [4.78, 5) is 14.3. The second-order valence-corrected chi connectivity index (χ2v) is 4.38. The van der Waals surface area contributed by atoms with Gasteiger partial charge in [0.2, 0.25) is 5.75 Å². The molecule has 2 aromatic rings. The van der Waals surface area contributed by atoms with Crippen molar-refractivity contribution in [2.75, 3.05) is 0 Å². The fourth-order valence-corrected chi connectivity index (χ4v) is 1.74. The minimum atomic E-state index is -0.807. The summed E-state index contributed by atoms with van der Waals surface area (Å²) in [5, 5.41) is 10.9. The number of aromatic nitrogens is 1. The van der Waals surface area contributed by atoms with E-state index >= 15 is 0 Å². The number of nitro benzene ring substituents is 1. The topological polar surface area (TPSA) is 91.3 Å². The number of rotatable bonds is 5. The van der Waals surface area contributed by atoms with Gasteiger partial charge in [-0.05, 0) is 24.6 Å². The number of nitrogens with two attached hydrogens (primary N) is 1. The SMILES string of the molecule is CC[C@@H](N)c1ccc(Oc2c(F)cccc2[N+](=O)[O-])cn1. The average Bonchev–Trinajstić information content (AvgIpc) is 2.49. The molecule has 1 atom stereocenters. The first-order valence-electron chi connectivity index (χ1n) is 6.35. The van der Waals surface area contributed by atoms with Crippen molar-refractivity contribution >= 4 is 5.69 Å². The average molecular weight is 291 g/mol. The van der Waals surface area contributed by atoms with E-state index in [4.69, 9.17) is 10.5 Å². The van der Waals surface area contributed by atoms with Crippen LogP contribution in [0.3, 0.4) is 0 Å². The van der Waals surface area contributed by atoms with Crippen molar-refractivity contribution < 1.29 is 14.1 Å². The molecule has 0 saturated heterocycles. The van der Waals surface area contributed by atoms with E-state index in [0.717, 1.165) is 12.5 Å². The largest absolute Gasteiger partial charge is 0.445 e. The lowest BCUT2D eigenvalue weighted by Crippen LogP contribution is -2.10. The molecule has 0 spiro atoms. The molecule has 110 valence electrons. The van der Waals surface area contributed by atoms with Gasteiger partial charge in [-0.3, -0.25) is 15.1 Å². The number of para-hydroxylation sites is 1. The highest BCUT2D eigenvalue weighted by molar-refractivity contribution is 5.49. The van der Waals surface area contributed by atoms with Crippen LogP contribution in [-0.4, -0.2) is 9.91 Å². The Morgan fingerprint density at radius 1 is 1.43 bits per heavy atom. The summed E-state index contributed by atoms with van der Waals surface area (Å²) >= 11 is 0. The number of nitro groups is 1. The van der Waals surface area contributed by atoms with E-state index in [9.17, 15) is 14.5 Å². The van der Waals surface area contributed by atoms with Crippen LogP contribution < -0.4 is 10.5 Å². The van der Waals surface area contributed by atoms with Crippen LogP contribution in [0.2, 0.25) is 0 Å². The molecule has 0 aliphatic carbocycles. The Hall–Kier alpha value is -2.54. The standard InChI is InChI=1S/C14H14FN3O3/c1-2-11(16)12-7-6-9(8-17-12)21-14-10(15)4-3-5-13(14)18(19)20/h3-8,11H,2,16H2,1H3/t11-/m1/s1. The van der Waals surface area contributed by atoms with Crippen molar-refractivity contribution in [2.45, 2.75) is 19.4 Å². The van der Waals surface area contributed by atoms with Crippen molar-refractivity contribution in [3.63, 3.8) is 0 Å². The second kappa shape index (κ2) is 6.27. The van der Waals surface area contributed by atoms with E-state index in [0.29, 0.717) is 5.69 Å². The summed E-state index contributed by atoms with van der Waals surface area (Å²) in [5.41, 5.74) is 6.07. The molecule has 7 heteroatoms.